The number of halogens is 2. The second kappa shape index (κ2) is 6.22. The molecular formula is C17H12ClFN2O2. The van der Waals surface area contributed by atoms with Crippen LogP contribution in [0.1, 0.15) is 11.1 Å². The van der Waals surface area contributed by atoms with Crippen LogP contribution < -0.4 is 5.32 Å². The lowest BCUT2D eigenvalue weighted by Gasteiger charge is -2.11. The van der Waals surface area contributed by atoms with Crippen molar-refractivity contribution in [3.8, 4) is 0 Å². The molecule has 116 valence electrons. The highest BCUT2D eigenvalue weighted by molar-refractivity contribution is 6.30. The van der Waals surface area contributed by atoms with Crippen molar-refractivity contribution in [1.29, 1.82) is 0 Å². The van der Waals surface area contributed by atoms with Gasteiger partial charge < -0.3 is 5.32 Å². The molecule has 0 unspecified atom stereocenters. The second-order valence-corrected chi connectivity index (χ2v) is 5.49. The summed E-state index contributed by atoms with van der Waals surface area (Å²) in [6.45, 7) is 0.155. The average Bonchev–Trinajstić information content (AvgIpc) is 2.79. The first-order valence-electron chi connectivity index (χ1n) is 6.87. The highest BCUT2D eigenvalue weighted by Crippen LogP contribution is 2.18. The maximum Gasteiger partial charge on any atom is 0.329 e. The number of rotatable bonds is 3. The van der Waals surface area contributed by atoms with Crippen molar-refractivity contribution < 1.29 is 14.0 Å². The molecule has 0 atom stereocenters. The maximum absolute atomic E-state index is 12.9. The van der Waals surface area contributed by atoms with E-state index in [1.54, 1.807) is 24.3 Å². The third kappa shape index (κ3) is 3.40. The van der Waals surface area contributed by atoms with Crippen molar-refractivity contribution in [1.82, 2.24) is 10.2 Å². The Balaban J connectivity index is 1.79. The molecule has 0 aliphatic carbocycles. The average molecular weight is 331 g/mol. The molecule has 2 aromatic rings. The molecule has 1 aliphatic rings. The number of nitrogens with zero attached hydrogens (tertiary/aromatic N) is 1. The molecule has 0 spiro atoms. The van der Waals surface area contributed by atoms with Gasteiger partial charge in [0.15, 0.2) is 0 Å². The van der Waals surface area contributed by atoms with Crippen LogP contribution in [0.15, 0.2) is 54.2 Å². The fourth-order valence-electron chi connectivity index (χ4n) is 2.21. The Bertz CT molecular complexity index is 785. The Morgan fingerprint density at radius 2 is 1.70 bits per heavy atom. The number of amides is 3. The van der Waals surface area contributed by atoms with E-state index in [1.807, 2.05) is 0 Å². The van der Waals surface area contributed by atoms with Crippen molar-refractivity contribution in [2.45, 2.75) is 6.54 Å². The van der Waals surface area contributed by atoms with E-state index >= 15 is 0 Å². The van der Waals surface area contributed by atoms with Gasteiger partial charge in [-0.1, -0.05) is 35.9 Å². The normalized spacial score (nSPS) is 16.1. The quantitative estimate of drug-likeness (QED) is 0.691. The van der Waals surface area contributed by atoms with Crippen molar-refractivity contribution in [3.63, 3.8) is 0 Å². The fraction of sp³-hybridized carbons (Fsp3) is 0.0588. The van der Waals surface area contributed by atoms with Crippen LogP contribution >= 0.6 is 11.6 Å². The van der Waals surface area contributed by atoms with E-state index in [2.05, 4.69) is 5.32 Å². The SMILES string of the molecule is O=C1NC(=Cc2ccc(F)cc2)C(=O)N1Cc1ccc(Cl)cc1. The Labute approximate surface area is 137 Å². The number of carbonyl (C=O) groups excluding carboxylic acids is 2. The van der Waals surface area contributed by atoms with E-state index in [-0.39, 0.29) is 18.1 Å². The van der Waals surface area contributed by atoms with Gasteiger partial charge in [0.05, 0.1) is 6.54 Å². The molecule has 4 nitrogen and oxygen atoms in total. The number of carbonyl (C=O) groups is 2. The van der Waals surface area contributed by atoms with Gasteiger partial charge in [-0.2, -0.15) is 0 Å². The van der Waals surface area contributed by atoms with Crippen LogP contribution in [-0.4, -0.2) is 16.8 Å². The summed E-state index contributed by atoms with van der Waals surface area (Å²) in [4.78, 5) is 25.4. The number of benzene rings is 2. The molecule has 3 amide bonds. The summed E-state index contributed by atoms with van der Waals surface area (Å²) >= 11 is 5.81. The van der Waals surface area contributed by atoms with Gasteiger partial charge in [-0.25, -0.2) is 9.18 Å². The van der Waals surface area contributed by atoms with Gasteiger partial charge in [0.2, 0.25) is 0 Å². The Morgan fingerprint density at radius 3 is 2.35 bits per heavy atom. The van der Waals surface area contributed by atoms with Crippen LogP contribution in [0.25, 0.3) is 6.08 Å². The zero-order valence-electron chi connectivity index (χ0n) is 11.9. The van der Waals surface area contributed by atoms with Crippen LogP contribution in [0.4, 0.5) is 9.18 Å². The molecule has 1 N–H and O–H groups in total. The first-order chi connectivity index (χ1) is 11.0. The fourth-order valence-corrected chi connectivity index (χ4v) is 2.34. The van der Waals surface area contributed by atoms with Gasteiger partial charge in [0, 0.05) is 5.02 Å². The molecule has 6 heteroatoms. The first-order valence-corrected chi connectivity index (χ1v) is 7.25. The molecule has 2 aromatic carbocycles. The molecule has 0 radical (unpaired) electrons. The van der Waals surface area contributed by atoms with E-state index in [1.165, 1.54) is 30.3 Å². The molecule has 0 aromatic heterocycles. The molecule has 1 saturated heterocycles. The smallest absolute Gasteiger partial charge is 0.303 e. The highest BCUT2D eigenvalue weighted by atomic mass is 35.5. The van der Waals surface area contributed by atoms with Crippen molar-refractivity contribution in [2.24, 2.45) is 0 Å². The van der Waals surface area contributed by atoms with Crippen molar-refractivity contribution in [3.05, 3.63) is 76.2 Å². The lowest BCUT2D eigenvalue weighted by atomic mass is 10.2. The highest BCUT2D eigenvalue weighted by Gasteiger charge is 2.33. The number of nitrogens with one attached hydrogen (secondary N) is 1. The number of urea groups is 1. The Kier molecular flexibility index (Phi) is 4.12. The molecule has 1 heterocycles. The molecule has 23 heavy (non-hydrogen) atoms. The van der Waals surface area contributed by atoms with Gasteiger partial charge >= 0.3 is 6.03 Å². The number of imide groups is 1. The Hall–Kier alpha value is -2.66. The van der Waals surface area contributed by atoms with Crippen LogP contribution in [0.3, 0.4) is 0 Å². The third-order valence-electron chi connectivity index (χ3n) is 3.40. The third-order valence-corrected chi connectivity index (χ3v) is 3.65. The molecule has 3 rings (SSSR count). The van der Waals surface area contributed by atoms with Crippen molar-refractivity contribution >= 4 is 29.6 Å². The largest absolute Gasteiger partial charge is 0.329 e. The summed E-state index contributed by atoms with van der Waals surface area (Å²) in [5.41, 5.74) is 1.58. The molecule has 1 fully saturated rings. The minimum atomic E-state index is -0.488. The first kappa shape index (κ1) is 15.2. The van der Waals surface area contributed by atoms with E-state index in [4.69, 9.17) is 11.6 Å². The van der Waals surface area contributed by atoms with Crippen LogP contribution in [0, 0.1) is 5.82 Å². The molecule has 0 saturated carbocycles. The summed E-state index contributed by atoms with van der Waals surface area (Å²) < 4.78 is 12.9. The number of hydrogen-bond donors (Lipinski definition) is 1. The Morgan fingerprint density at radius 1 is 1.04 bits per heavy atom. The van der Waals surface area contributed by atoms with E-state index in [0.717, 1.165) is 10.5 Å². The van der Waals surface area contributed by atoms with E-state index in [9.17, 15) is 14.0 Å². The van der Waals surface area contributed by atoms with Gasteiger partial charge in [-0.3, -0.25) is 9.69 Å². The minimum absolute atomic E-state index is 0.155. The van der Waals surface area contributed by atoms with Gasteiger partial charge in [-0.05, 0) is 41.5 Å². The topological polar surface area (TPSA) is 49.4 Å². The zero-order valence-corrected chi connectivity index (χ0v) is 12.7. The summed E-state index contributed by atoms with van der Waals surface area (Å²) in [6, 6.07) is 12.1. The van der Waals surface area contributed by atoms with Gasteiger partial charge in [0.25, 0.3) is 5.91 Å². The molecule has 0 bridgehead atoms. The van der Waals surface area contributed by atoms with E-state index < -0.39 is 11.9 Å². The maximum atomic E-state index is 12.9. The lowest BCUT2D eigenvalue weighted by Crippen LogP contribution is -2.30. The standard InChI is InChI=1S/C17H12ClFN2O2/c18-13-5-1-12(2-6-13)10-21-16(22)15(20-17(21)23)9-11-3-7-14(19)8-4-11/h1-9H,10H2,(H,20,23). The van der Waals surface area contributed by atoms with E-state index in [0.29, 0.717) is 10.6 Å². The summed E-state index contributed by atoms with van der Waals surface area (Å²) in [5.74, 6) is -0.785. The lowest BCUT2D eigenvalue weighted by molar-refractivity contribution is -0.123. The monoisotopic (exact) mass is 330 g/mol. The van der Waals surface area contributed by atoms with Crippen LogP contribution in [0.5, 0.6) is 0 Å². The van der Waals surface area contributed by atoms with Crippen LogP contribution in [-0.2, 0) is 11.3 Å². The summed E-state index contributed by atoms with van der Waals surface area (Å²) in [6.07, 6.45) is 1.52. The molecule has 1 aliphatic heterocycles. The number of hydrogen-bond acceptors (Lipinski definition) is 2. The predicted molar refractivity (Wildman–Crippen MR) is 84.9 cm³/mol. The second-order valence-electron chi connectivity index (χ2n) is 5.06. The van der Waals surface area contributed by atoms with Crippen LogP contribution in [0.2, 0.25) is 5.02 Å². The zero-order chi connectivity index (χ0) is 16.4. The van der Waals surface area contributed by atoms with Gasteiger partial charge in [-0.15, -0.1) is 0 Å². The molecular weight excluding hydrogens is 319 g/mol. The summed E-state index contributed by atoms with van der Waals surface area (Å²) in [5, 5.41) is 3.11. The summed E-state index contributed by atoms with van der Waals surface area (Å²) in [7, 11) is 0. The van der Waals surface area contributed by atoms with Crippen molar-refractivity contribution in [2.75, 3.05) is 0 Å². The predicted octanol–water partition coefficient (Wildman–Crippen LogP) is 3.57. The minimum Gasteiger partial charge on any atom is -0.303 e. The van der Waals surface area contributed by atoms with Gasteiger partial charge in [0.1, 0.15) is 11.5 Å².